The number of hydrogen-bond donors (Lipinski definition) is 1. The predicted molar refractivity (Wildman–Crippen MR) is 78.6 cm³/mol. The van der Waals surface area contributed by atoms with Gasteiger partial charge < -0.3 is 14.5 Å². The molecule has 1 unspecified atom stereocenters. The van der Waals surface area contributed by atoms with Crippen LogP contribution in [0, 0.1) is 13.8 Å². The highest BCUT2D eigenvalue weighted by molar-refractivity contribution is 5.40. The molecule has 1 aromatic carbocycles. The lowest BCUT2D eigenvalue weighted by atomic mass is 9.95. The second-order valence-corrected chi connectivity index (χ2v) is 5.38. The highest BCUT2D eigenvalue weighted by atomic mass is 16.5. The maximum absolute atomic E-state index is 5.69. The minimum atomic E-state index is 0.184. The van der Waals surface area contributed by atoms with Crippen molar-refractivity contribution in [2.75, 3.05) is 6.54 Å². The van der Waals surface area contributed by atoms with Crippen molar-refractivity contribution < 1.29 is 9.15 Å². The average Bonchev–Trinajstić information content (AvgIpc) is 3.01. The molecule has 2 heterocycles. The molecule has 1 aromatic heterocycles. The summed E-state index contributed by atoms with van der Waals surface area (Å²) in [6, 6.07) is 8.96. The third kappa shape index (κ3) is 2.39. The van der Waals surface area contributed by atoms with Crippen LogP contribution in [-0.2, 0) is 18.0 Å². The van der Waals surface area contributed by atoms with Gasteiger partial charge in [-0.25, -0.2) is 0 Å². The highest BCUT2D eigenvalue weighted by Crippen LogP contribution is 2.30. The molecule has 106 valence electrons. The molecular weight excluding hydrogens is 250 g/mol. The standard InChI is InChI=1S/C17H21NO2/c1-4-18-17(16-7-11(2)20-12(16)3)13-5-6-14-9-19-10-15(14)8-13/h5-8,17-18H,4,9-10H2,1-3H3. The molecule has 1 N–H and O–H groups in total. The van der Waals surface area contributed by atoms with E-state index in [9.17, 15) is 0 Å². The summed E-state index contributed by atoms with van der Waals surface area (Å²) in [5.74, 6) is 1.95. The van der Waals surface area contributed by atoms with E-state index < -0.39 is 0 Å². The van der Waals surface area contributed by atoms with Crippen LogP contribution in [0.5, 0.6) is 0 Å². The van der Waals surface area contributed by atoms with E-state index in [1.807, 2.05) is 13.8 Å². The maximum Gasteiger partial charge on any atom is 0.106 e. The Morgan fingerprint density at radius 2 is 1.95 bits per heavy atom. The second-order valence-electron chi connectivity index (χ2n) is 5.38. The van der Waals surface area contributed by atoms with Crippen molar-refractivity contribution in [3.8, 4) is 0 Å². The molecule has 3 nitrogen and oxygen atoms in total. The summed E-state index contributed by atoms with van der Waals surface area (Å²) >= 11 is 0. The summed E-state index contributed by atoms with van der Waals surface area (Å²) in [5.41, 5.74) is 5.12. The van der Waals surface area contributed by atoms with Crippen LogP contribution in [0.3, 0.4) is 0 Å². The summed E-state index contributed by atoms with van der Waals surface area (Å²) in [6.45, 7) is 8.55. The van der Waals surface area contributed by atoms with Gasteiger partial charge in [-0.3, -0.25) is 0 Å². The summed E-state index contributed by atoms with van der Waals surface area (Å²) < 4.78 is 11.2. The molecule has 1 aliphatic rings. The fraction of sp³-hybridized carbons (Fsp3) is 0.412. The lowest BCUT2D eigenvalue weighted by Gasteiger charge is -2.18. The van der Waals surface area contributed by atoms with Crippen LogP contribution in [0.1, 0.15) is 46.7 Å². The quantitative estimate of drug-likeness (QED) is 0.922. The molecule has 0 saturated carbocycles. The van der Waals surface area contributed by atoms with Crippen molar-refractivity contribution in [1.29, 1.82) is 0 Å². The van der Waals surface area contributed by atoms with E-state index in [1.54, 1.807) is 0 Å². The lowest BCUT2D eigenvalue weighted by molar-refractivity contribution is 0.134. The third-order valence-corrected chi connectivity index (χ3v) is 3.88. The molecule has 1 aliphatic heterocycles. The Morgan fingerprint density at radius 1 is 1.15 bits per heavy atom. The fourth-order valence-electron chi connectivity index (χ4n) is 2.92. The van der Waals surface area contributed by atoms with E-state index in [-0.39, 0.29) is 6.04 Å². The van der Waals surface area contributed by atoms with E-state index in [0.717, 1.165) is 31.3 Å². The van der Waals surface area contributed by atoms with Gasteiger partial charge in [0.1, 0.15) is 11.5 Å². The zero-order valence-corrected chi connectivity index (χ0v) is 12.3. The molecule has 0 bridgehead atoms. The second kappa shape index (κ2) is 5.43. The number of furan rings is 1. The summed E-state index contributed by atoms with van der Waals surface area (Å²) in [6.07, 6.45) is 0. The number of ether oxygens (including phenoxy) is 1. The van der Waals surface area contributed by atoms with Crippen molar-refractivity contribution in [3.05, 3.63) is 58.0 Å². The first kappa shape index (κ1) is 13.4. The zero-order valence-electron chi connectivity index (χ0n) is 12.3. The summed E-state index contributed by atoms with van der Waals surface area (Å²) in [7, 11) is 0. The van der Waals surface area contributed by atoms with Crippen LogP contribution in [0.15, 0.2) is 28.7 Å². The Labute approximate surface area is 119 Å². The van der Waals surface area contributed by atoms with Crippen molar-refractivity contribution in [1.82, 2.24) is 5.32 Å². The number of aryl methyl sites for hydroxylation is 2. The molecule has 2 aromatic rings. The van der Waals surface area contributed by atoms with Gasteiger partial charge in [0, 0.05) is 5.56 Å². The van der Waals surface area contributed by atoms with E-state index in [2.05, 4.69) is 36.5 Å². The molecule has 0 radical (unpaired) electrons. The number of rotatable bonds is 4. The molecule has 1 atom stereocenters. The fourth-order valence-corrected chi connectivity index (χ4v) is 2.92. The average molecular weight is 271 g/mol. The van der Waals surface area contributed by atoms with Gasteiger partial charge >= 0.3 is 0 Å². The molecule has 3 rings (SSSR count). The Hall–Kier alpha value is -1.58. The summed E-state index contributed by atoms with van der Waals surface area (Å²) in [5, 5.41) is 3.56. The number of hydrogen-bond acceptors (Lipinski definition) is 3. The minimum absolute atomic E-state index is 0.184. The molecule has 0 fully saturated rings. The van der Waals surface area contributed by atoms with E-state index in [0.29, 0.717) is 0 Å². The Bertz CT molecular complexity index is 615. The zero-order chi connectivity index (χ0) is 14.1. The topological polar surface area (TPSA) is 34.4 Å². The van der Waals surface area contributed by atoms with Gasteiger partial charge in [-0.15, -0.1) is 0 Å². The summed E-state index contributed by atoms with van der Waals surface area (Å²) in [4.78, 5) is 0. The normalized spacial score (nSPS) is 15.3. The van der Waals surface area contributed by atoms with Crippen LogP contribution in [0.4, 0.5) is 0 Å². The van der Waals surface area contributed by atoms with Crippen molar-refractivity contribution in [2.45, 2.75) is 40.0 Å². The molecule has 0 saturated heterocycles. The van der Waals surface area contributed by atoms with Crippen molar-refractivity contribution in [3.63, 3.8) is 0 Å². The smallest absolute Gasteiger partial charge is 0.106 e. The Balaban J connectivity index is 2.00. The molecule has 0 amide bonds. The van der Waals surface area contributed by atoms with Gasteiger partial charge in [0.25, 0.3) is 0 Å². The monoisotopic (exact) mass is 271 g/mol. The number of benzene rings is 1. The van der Waals surface area contributed by atoms with E-state index in [1.165, 1.54) is 22.3 Å². The van der Waals surface area contributed by atoms with Crippen LogP contribution in [-0.4, -0.2) is 6.54 Å². The molecule has 0 aliphatic carbocycles. The first-order chi connectivity index (χ1) is 9.69. The van der Waals surface area contributed by atoms with Gasteiger partial charge in [0.05, 0.1) is 19.3 Å². The first-order valence-electron chi connectivity index (χ1n) is 7.18. The van der Waals surface area contributed by atoms with Crippen LogP contribution < -0.4 is 5.32 Å². The third-order valence-electron chi connectivity index (χ3n) is 3.88. The van der Waals surface area contributed by atoms with Crippen molar-refractivity contribution in [2.24, 2.45) is 0 Å². The van der Waals surface area contributed by atoms with Crippen LogP contribution in [0.25, 0.3) is 0 Å². The lowest BCUT2D eigenvalue weighted by Crippen LogP contribution is -2.22. The van der Waals surface area contributed by atoms with Gasteiger partial charge in [0.15, 0.2) is 0 Å². The molecule has 3 heteroatoms. The van der Waals surface area contributed by atoms with E-state index >= 15 is 0 Å². The SMILES string of the molecule is CCNC(c1ccc2c(c1)COC2)c1cc(C)oc1C. The van der Waals surface area contributed by atoms with Crippen molar-refractivity contribution >= 4 is 0 Å². The van der Waals surface area contributed by atoms with Gasteiger partial charge in [-0.05, 0) is 43.1 Å². The number of nitrogens with one attached hydrogen (secondary N) is 1. The van der Waals surface area contributed by atoms with Gasteiger partial charge in [0.2, 0.25) is 0 Å². The highest BCUT2D eigenvalue weighted by Gasteiger charge is 2.20. The molecule has 0 spiro atoms. The largest absolute Gasteiger partial charge is 0.466 e. The Kier molecular flexibility index (Phi) is 3.64. The van der Waals surface area contributed by atoms with E-state index in [4.69, 9.17) is 9.15 Å². The Morgan fingerprint density at radius 3 is 2.65 bits per heavy atom. The van der Waals surface area contributed by atoms with Gasteiger partial charge in [-0.2, -0.15) is 0 Å². The minimum Gasteiger partial charge on any atom is -0.466 e. The molecule has 20 heavy (non-hydrogen) atoms. The first-order valence-corrected chi connectivity index (χ1v) is 7.18. The number of fused-ring (bicyclic) bond motifs is 1. The maximum atomic E-state index is 5.69. The van der Waals surface area contributed by atoms with Crippen LogP contribution >= 0.6 is 0 Å². The van der Waals surface area contributed by atoms with Crippen LogP contribution in [0.2, 0.25) is 0 Å². The predicted octanol–water partition coefficient (Wildman–Crippen LogP) is 3.63. The van der Waals surface area contributed by atoms with Gasteiger partial charge in [-0.1, -0.05) is 25.1 Å². The molecular formula is C17H21NO2.